The van der Waals surface area contributed by atoms with Gasteiger partial charge in [-0.2, -0.15) is 0 Å². The van der Waals surface area contributed by atoms with Gasteiger partial charge in [0.25, 0.3) is 5.91 Å². The summed E-state index contributed by atoms with van der Waals surface area (Å²) < 4.78 is 10.3. The Kier molecular flexibility index (Phi) is 5.85. The lowest BCUT2D eigenvalue weighted by molar-refractivity contribution is 0.0563. The number of nitrogens with two attached hydrogens (primary N) is 1. The van der Waals surface area contributed by atoms with E-state index in [2.05, 4.69) is 48.6 Å². The van der Waals surface area contributed by atoms with Gasteiger partial charge in [-0.3, -0.25) is 4.79 Å². The zero-order valence-electron chi connectivity index (χ0n) is 25.8. The summed E-state index contributed by atoms with van der Waals surface area (Å²) in [7, 11) is 3.69. The van der Waals surface area contributed by atoms with Gasteiger partial charge < -0.3 is 29.8 Å². The average Bonchev–Trinajstić information content (AvgIpc) is 3.80. The van der Waals surface area contributed by atoms with E-state index in [-0.39, 0.29) is 23.5 Å². The standard InChI is InChI=1S/C35H38N8O2/c1-41-30-25(14-21(16-28(30)45-2)34(44)43-26-17-29(36)35(43)18-22(26)19-35)40-33(41)27-15-20-9-10-24-23-8-7-12-38-31(23)37-11-5-3-4-6-13-42(27)32(20)39-24/h7-10,12,14-16,22,26,29H,3-6,11,13,17-19,36H2,1-2H3,(H,37,38)/t22?,26-,29-,35?/m1/s1. The number of pyridine rings is 2. The number of hydrogen-bond donors (Lipinski definition) is 2. The van der Waals surface area contributed by atoms with Crippen molar-refractivity contribution in [2.75, 3.05) is 19.0 Å². The van der Waals surface area contributed by atoms with Crippen molar-refractivity contribution >= 4 is 33.8 Å². The van der Waals surface area contributed by atoms with Gasteiger partial charge in [-0.1, -0.05) is 12.8 Å². The molecular weight excluding hydrogens is 564 g/mol. The van der Waals surface area contributed by atoms with E-state index in [0.29, 0.717) is 17.2 Å². The van der Waals surface area contributed by atoms with E-state index in [9.17, 15) is 4.79 Å². The topological polar surface area (TPSA) is 116 Å². The molecule has 8 heterocycles. The quantitative estimate of drug-likeness (QED) is 0.286. The van der Waals surface area contributed by atoms with Crippen LogP contribution < -0.4 is 15.8 Å². The van der Waals surface area contributed by atoms with Gasteiger partial charge in [0, 0.05) is 54.9 Å². The number of aryl methyl sites for hydroxylation is 2. The zero-order valence-corrected chi connectivity index (χ0v) is 25.8. The first kappa shape index (κ1) is 26.9. The highest BCUT2D eigenvalue weighted by atomic mass is 16.5. The summed E-state index contributed by atoms with van der Waals surface area (Å²) in [5.41, 5.74) is 12.4. The Balaban J connectivity index is 1.17. The van der Waals surface area contributed by atoms with Crippen molar-refractivity contribution in [2.24, 2.45) is 18.7 Å². The number of nitrogens with zero attached hydrogens (tertiary/aromatic N) is 6. The Labute approximate surface area is 261 Å². The number of anilines is 1. The van der Waals surface area contributed by atoms with Crippen LogP contribution in [0.3, 0.4) is 0 Å². The fourth-order valence-corrected chi connectivity index (χ4v) is 8.82. The molecular formula is C35H38N8O2. The smallest absolute Gasteiger partial charge is 0.254 e. The van der Waals surface area contributed by atoms with Crippen molar-refractivity contribution in [3.8, 4) is 28.5 Å². The Hall–Kier alpha value is -4.44. The molecule has 4 fully saturated rings. The fraction of sp³-hybridized carbons (Fsp3) is 0.429. The monoisotopic (exact) mass is 602 g/mol. The van der Waals surface area contributed by atoms with Crippen LogP contribution in [0.2, 0.25) is 0 Å². The highest BCUT2D eigenvalue weighted by Crippen LogP contribution is 2.63. The van der Waals surface area contributed by atoms with Crippen LogP contribution in [-0.2, 0) is 13.6 Å². The summed E-state index contributed by atoms with van der Waals surface area (Å²) in [6.07, 6.45) is 9.21. The molecule has 5 aliphatic rings. The second-order valence-corrected chi connectivity index (χ2v) is 13.4. The van der Waals surface area contributed by atoms with E-state index in [1.807, 2.05) is 31.4 Å². The number of benzene rings is 1. The summed E-state index contributed by atoms with van der Waals surface area (Å²) in [5, 5.41) is 4.59. The first-order valence-electron chi connectivity index (χ1n) is 16.3. The van der Waals surface area contributed by atoms with Gasteiger partial charge in [0.1, 0.15) is 22.7 Å². The van der Waals surface area contributed by atoms with E-state index in [0.717, 1.165) is 109 Å². The number of fused-ring (bicyclic) bond motifs is 4. The minimum Gasteiger partial charge on any atom is -0.494 e. The summed E-state index contributed by atoms with van der Waals surface area (Å²) in [4.78, 5) is 31.2. The van der Waals surface area contributed by atoms with Gasteiger partial charge in [0.15, 0.2) is 5.82 Å². The largest absolute Gasteiger partial charge is 0.494 e. The lowest BCUT2D eigenvalue weighted by Crippen LogP contribution is -2.58. The highest BCUT2D eigenvalue weighted by Gasteiger charge is 2.70. The zero-order chi connectivity index (χ0) is 30.4. The predicted molar refractivity (Wildman–Crippen MR) is 174 cm³/mol. The van der Waals surface area contributed by atoms with Gasteiger partial charge >= 0.3 is 0 Å². The van der Waals surface area contributed by atoms with Crippen molar-refractivity contribution in [1.82, 2.24) is 29.0 Å². The van der Waals surface area contributed by atoms with Crippen LogP contribution in [0.25, 0.3) is 44.8 Å². The average molecular weight is 603 g/mol. The molecule has 4 aromatic heterocycles. The third kappa shape index (κ3) is 3.78. The number of methoxy groups -OCH3 is 1. The number of amides is 1. The maximum absolute atomic E-state index is 14.0. The van der Waals surface area contributed by atoms with E-state index in [1.54, 1.807) is 7.11 Å². The van der Waals surface area contributed by atoms with Crippen LogP contribution >= 0.6 is 0 Å². The van der Waals surface area contributed by atoms with E-state index < -0.39 is 0 Å². The Bertz CT molecular complexity index is 2000. The molecule has 5 bridgehead atoms. The Morgan fingerprint density at radius 1 is 1.09 bits per heavy atom. The first-order valence-corrected chi connectivity index (χ1v) is 16.3. The van der Waals surface area contributed by atoms with Crippen molar-refractivity contribution in [3.63, 3.8) is 0 Å². The number of aromatic nitrogens is 5. The number of nitrogens with one attached hydrogen (secondary N) is 1. The van der Waals surface area contributed by atoms with Gasteiger partial charge in [0.05, 0.1) is 29.6 Å². The summed E-state index contributed by atoms with van der Waals surface area (Å²) in [5.74, 6) is 2.99. The molecule has 1 amide bonds. The van der Waals surface area contributed by atoms with Gasteiger partial charge in [-0.05, 0) is 80.5 Å². The molecule has 1 aromatic carbocycles. The van der Waals surface area contributed by atoms with Crippen LogP contribution in [-0.4, -0.2) is 66.2 Å². The van der Waals surface area contributed by atoms with Crippen LogP contribution in [0.15, 0.2) is 48.7 Å². The molecule has 1 aliphatic carbocycles. The molecule has 0 radical (unpaired) electrons. The van der Waals surface area contributed by atoms with Crippen LogP contribution in [0, 0.1) is 5.92 Å². The van der Waals surface area contributed by atoms with Crippen molar-refractivity contribution in [2.45, 2.75) is 69.1 Å². The van der Waals surface area contributed by atoms with Crippen molar-refractivity contribution < 1.29 is 9.53 Å². The highest BCUT2D eigenvalue weighted by molar-refractivity contribution is 6.01. The first-order chi connectivity index (χ1) is 22.0. The molecule has 45 heavy (non-hydrogen) atoms. The molecule has 5 aromatic rings. The summed E-state index contributed by atoms with van der Waals surface area (Å²) in [6.45, 7) is 1.73. The number of hydrogen-bond acceptors (Lipinski definition) is 7. The maximum Gasteiger partial charge on any atom is 0.254 e. The molecule has 10 heteroatoms. The molecule has 2 atom stereocenters. The molecule has 1 spiro atoms. The normalized spacial score (nSPS) is 25.4. The van der Waals surface area contributed by atoms with Crippen molar-refractivity contribution in [3.05, 3.63) is 54.2 Å². The van der Waals surface area contributed by atoms with Crippen molar-refractivity contribution in [1.29, 1.82) is 0 Å². The van der Waals surface area contributed by atoms with E-state index >= 15 is 0 Å². The molecule has 1 saturated carbocycles. The molecule has 10 rings (SSSR count). The number of carbonyl (C=O) groups excluding carboxylic acids is 1. The van der Waals surface area contributed by atoms with Gasteiger partial charge in [-0.25, -0.2) is 15.0 Å². The van der Waals surface area contributed by atoms with Crippen LogP contribution in [0.4, 0.5) is 5.82 Å². The molecule has 3 N–H and O–H groups in total. The minimum atomic E-state index is -0.164. The summed E-state index contributed by atoms with van der Waals surface area (Å²) in [6, 6.07) is 14.6. The lowest BCUT2D eigenvalue weighted by atomic mass is 9.62. The predicted octanol–water partition coefficient (Wildman–Crippen LogP) is 5.35. The van der Waals surface area contributed by atoms with Crippen LogP contribution in [0.5, 0.6) is 5.75 Å². The number of carbonyl (C=O) groups is 1. The second kappa shape index (κ2) is 9.78. The third-order valence-corrected chi connectivity index (χ3v) is 11.1. The number of imidazole rings is 1. The van der Waals surface area contributed by atoms with Gasteiger partial charge in [-0.15, -0.1) is 0 Å². The summed E-state index contributed by atoms with van der Waals surface area (Å²) >= 11 is 0. The van der Waals surface area contributed by atoms with E-state index in [1.165, 1.54) is 0 Å². The number of rotatable bonds is 3. The fourth-order valence-electron chi connectivity index (χ4n) is 8.82. The molecule has 0 unspecified atom stereocenters. The van der Waals surface area contributed by atoms with Crippen LogP contribution in [0.1, 0.15) is 55.3 Å². The SMILES string of the molecule is COc1cc(C(=O)N2[C@@H]3C[C@@H](N)C24CC3C4)cc2nc(-c3cc4ccc5nc4n3CCCCCCNc3ncccc3-5)n(C)c12. The Morgan fingerprint density at radius 3 is 2.76 bits per heavy atom. The molecule has 230 valence electrons. The second-order valence-electron chi connectivity index (χ2n) is 13.4. The number of ether oxygens (including phenoxy) is 1. The molecule has 3 saturated heterocycles. The molecule has 4 aliphatic heterocycles. The Morgan fingerprint density at radius 2 is 1.96 bits per heavy atom. The molecule has 10 nitrogen and oxygen atoms in total. The third-order valence-electron chi connectivity index (χ3n) is 11.1. The van der Waals surface area contributed by atoms with E-state index in [4.69, 9.17) is 20.4 Å². The maximum atomic E-state index is 14.0. The lowest BCUT2D eigenvalue weighted by Gasteiger charge is -2.45. The van der Waals surface area contributed by atoms with Gasteiger partial charge in [0.2, 0.25) is 0 Å². The minimum absolute atomic E-state index is 0.0489.